The standard InChI is InChI=1S/C17H19FN4O2/c18-13-3-5-14(6-4-13)22-12-19-11-15(22)17(24)20-8-7-16(23)21-9-1-2-10-21/h3-6,11-12H,1-2,7-10H2,(H,20,24). The number of likely N-dealkylation sites (tertiary alicyclic amines) is 1. The monoisotopic (exact) mass is 330 g/mol. The molecule has 24 heavy (non-hydrogen) atoms. The van der Waals surface area contributed by atoms with Gasteiger partial charge in [-0.25, -0.2) is 9.37 Å². The van der Waals surface area contributed by atoms with E-state index in [4.69, 9.17) is 0 Å². The molecule has 1 fully saturated rings. The summed E-state index contributed by atoms with van der Waals surface area (Å²) in [6.07, 6.45) is 5.33. The fourth-order valence-electron chi connectivity index (χ4n) is 2.77. The molecule has 0 radical (unpaired) electrons. The molecular weight excluding hydrogens is 311 g/mol. The van der Waals surface area contributed by atoms with Crippen LogP contribution in [-0.2, 0) is 4.79 Å². The van der Waals surface area contributed by atoms with Crippen LogP contribution in [0.15, 0.2) is 36.8 Å². The van der Waals surface area contributed by atoms with E-state index in [9.17, 15) is 14.0 Å². The number of amides is 2. The Balaban J connectivity index is 1.58. The van der Waals surface area contributed by atoms with Crippen LogP contribution in [0.2, 0.25) is 0 Å². The van der Waals surface area contributed by atoms with Gasteiger partial charge in [0.2, 0.25) is 5.91 Å². The van der Waals surface area contributed by atoms with Gasteiger partial charge in [0.1, 0.15) is 11.5 Å². The molecule has 2 heterocycles. The molecule has 1 aromatic carbocycles. The van der Waals surface area contributed by atoms with Gasteiger partial charge < -0.3 is 10.2 Å². The van der Waals surface area contributed by atoms with Crippen LogP contribution in [-0.4, -0.2) is 45.9 Å². The molecule has 2 aromatic rings. The first-order valence-corrected chi connectivity index (χ1v) is 7.99. The predicted octanol–water partition coefficient (Wildman–Crippen LogP) is 1.75. The molecule has 2 amide bonds. The first-order valence-electron chi connectivity index (χ1n) is 7.99. The second-order valence-electron chi connectivity index (χ2n) is 5.72. The van der Waals surface area contributed by atoms with Gasteiger partial charge in [-0.1, -0.05) is 0 Å². The lowest BCUT2D eigenvalue weighted by Crippen LogP contribution is -2.33. The van der Waals surface area contributed by atoms with Crippen molar-refractivity contribution in [3.05, 3.63) is 48.3 Å². The Labute approximate surface area is 139 Å². The average Bonchev–Trinajstić information content (AvgIpc) is 3.27. The zero-order valence-corrected chi connectivity index (χ0v) is 13.2. The normalized spacial score (nSPS) is 14.0. The van der Waals surface area contributed by atoms with E-state index in [0.717, 1.165) is 25.9 Å². The van der Waals surface area contributed by atoms with Gasteiger partial charge >= 0.3 is 0 Å². The highest BCUT2D eigenvalue weighted by Crippen LogP contribution is 2.12. The molecule has 1 aliphatic rings. The Kier molecular flexibility index (Phi) is 4.88. The lowest BCUT2D eigenvalue weighted by molar-refractivity contribution is -0.129. The molecule has 0 saturated carbocycles. The van der Waals surface area contributed by atoms with E-state index in [-0.39, 0.29) is 30.6 Å². The number of benzene rings is 1. The number of nitrogens with one attached hydrogen (secondary N) is 1. The summed E-state index contributed by atoms with van der Waals surface area (Å²) in [5.74, 6) is -0.587. The predicted molar refractivity (Wildman–Crippen MR) is 86.3 cm³/mol. The maximum atomic E-state index is 13.0. The van der Waals surface area contributed by atoms with Crippen molar-refractivity contribution in [2.75, 3.05) is 19.6 Å². The largest absolute Gasteiger partial charge is 0.350 e. The number of imidazole rings is 1. The van der Waals surface area contributed by atoms with Crippen LogP contribution in [0.25, 0.3) is 5.69 Å². The fourth-order valence-corrected chi connectivity index (χ4v) is 2.77. The van der Waals surface area contributed by atoms with Crippen LogP contribution in [0.3, 0.4) is 0 Å². The number of hydrogen-bond acceptors (Lipinski definition) is 3. The van der Waals surface area contributed by atoms with E-state index in [1.807, 2.05) is 4.90 Å². The maximum Gasteiger partial charge on any atom is 0.269 e. The third-order valence-corrected chi connectivity index (χ3v) is 4.06. The van der Waals surface area contributed by atoms with Crippen molar-refractivity contribution in [2.45, 2.75) is 19.3 Å². The Hall–Kier alpha value is -2.70. The number of halogens is 1. The van der Waals surface area contributed by atoms with E-state index in [1.165, 1.54) is 24.7 Å². The number of rotatable bonds is 5. The van der Waals surface area contributed by atoms with Crippen LogP contribution < -0.4 is 5.32 Å². The smallest absolute Gasteiger partial charge is 0.269 e. The lowest BCUT2D eigenvalue weighted by atomic mass is 10.3. The average molecular weight is 330 g/mol. The number of carbonyl (C=O) groups excluding carboxylic acids is 2. The Morgan fingerprint density at radius 3 is 2.58 bits per heavy atom. The van der Waals surface area contributed by atoms with Gasteiger partial charge in [-0.15, -0.1) is 0 Å². The van der Waals surface area contributed by atoms with Crippen LogP contribution in [0.5, 0.6) is 0 Å². The summed E-state index contributed by atoms with van der Waals surface area (Å²) < 4.78 is 14.6. The van der Waals surface area contributed by atoms with Crippen LogP contribution in [0.4, 0.5) is 4.39 Å². The highest BCUT2D eigenvalue weighted by molar-refractivity contribution is 5.93. The molecule has 1 N–H and O–H groups in total. The zero-order valence-electron chi connectivity index (χ0n) is 13.2. The van der Waals surface area contributed by atoms with E-state index in [0.29, 0.717) is 11.4 Å². The minimum absolute atomic E-state index is 0.0693. The van der Waals surface area contributed by atoms with Crippen LogP contribution in [0.1, 0.15) is 29.8 Å². The van der Waals surface area contributed by atoms with Crippen molar-refractivity contribution in [2.24, 2.45) is 0 Å². The molecule has 0 bridgehead atoms. The first kappa shape index (κ1) is 16.2. The number of carbonyl (C=O) groups is 2. The van der Waals surface area contributed by atoms with Crippen molar-refractivity contribution in [1.29, 1.82) is 0 Å². The van der Waals surface area contributed by atoms with Gasteiger partial charge in [0.15, 0.2) is 0 Å². The molecule has 0 atom stereocenters. The van der Waals surface area contributed by atoms with E-state index >= 15 is 0 Å². The zero-order chi connectivity index (χ0) is 16.9. The van der Waals surface area contributed by atoms with Gasteiger partial charge in [-0.2, -0.15) is 0 Å². The van der Waals surface area contributed by atoms with Crippen molar-refractivity contribution < 1.29 is 14.0 Å². The molecule has 0 unspecified atom stereocenters. The minimum Gasteiger partial charge on any atom is -0.350 e. The van der Waals surface area contributed by atoms with Gasteiger partial charge in [0.05, 0.1) is 12.5 Å². The third kappa shape index (κ3) is 3.61. The molecule has 6 nitrogen and oxygen atoms in total. The van der Waals surface area contributed by atoms with Crippen molar-refractivity contribution in [3.8, 4) is 5.69 Å². The summed E-state index contributed by atoms with van der Waals surface area (Å²) in [6, 6.07) is 5.80. The molecule has 3 rings (SSSR count). The highest BCUT2D eigenvalue weighted by Gasteiger charge is 2.18. The van der Waals surface area contributed by atoms with Crippen molar-refractivity contribution in [3.63, 3.8) is 0 Å². The summed E-state index contributed by atoms with van der Waals surface area (Å²) in [5, 5.41) is 2.74. The quantitative estimate of drug-likeness (QED) is 0.908. The molecule has 126 valence electrons. The molecule has 1 saturated heterocycles. The summed E-state index contributed by atoms with van der Waals surface area (Å²) in [4.78, 5) is 30.1. The van der Waals surface area contributed by atoms with Crippen molar-refractivity contribution >= 4 is 11.8 Å². The molecule has 0 spiro atoms. The molecule has 1 aliphatic heterocycles. The van der Waals surface area contributed by atoms with E-state index in [2.05, 4.69) is 10.3 Å². The lowest BCUT2D eigenvalue weighted by Gasteiger charge is -2.15. The minimum atomic E-state index is -0.342. The molecule has 0 aliphatic carbocycles. The van der Waals surface area contributed by atoms with Gasteiger partial charge in [-0.05, 0) is 37.1 Å². The summed E-state index contributed by atoms with van der Waals surface area (Å²) in [7, 11) is 0. The number of aromatic nitrogens is 2. The highest BCUT2D eigenvalue weighted by atomic mass is 19.1. The topological polar surface area (TPSA) is 67.2 Å². The summed E-state index contributed by atoms with van der Waals surface area (Å²) >= 11 is 0. The van der Waals surface area contributed by atoms with Crippen molar-refractivity contribution in [1.82, 2.24) is 19.8 Å². The van der Waals surface area contributed by atoms with E-state index in [1.54, 1.807) is 16.7 Å². The number of hydrogen-bond donors (Lipinski definition) is 1. The fraction of sp³-hybridized carbons (Fsp3) is 0.353. The van der Waals surface area contributed by atoms with Crippen LogP contribution >= 0.6 is 0 Å². The van der Waals surface area contributed by atoms with Gasteiger partial charge in [0, 0.05) is 31.7 Å². The van der Waals surface area contributed by atoms with Gasteiger partial charge in [-0.3, -0.25) is 14.2 Å². The van der Waals surface area contributed by atoms with Crippen LogP contribution in [0, 0.1) is 5.82 Å². The molecule has 1 aromatic heterocycles. The third-order valence-electron chi connectivity index (χ3n) is 4.06. The second kappa shape index (κ2) is 7.25. The SMILES string of the molecule is O=C(NCCC(=O)N1CCCC1)c1cncn1-c1ccc(F)cc1. The Morgan fingerprint density at radius 2 is 1.88 bits per heavy atom. The Bertz CT molecular complexity index is 720. The van der Waals surface area contributed by atoms with E-state index < -0.39 is 0 Å². The van der Waals surface area contributed by atoms with Gasteiger partial charge in [0.25, 0.3) is 5.91 Å². The summed E-state index contributed by atoms with van der Waals surface area (Å²) in [5.41, 5.74) is 0.988. The molecule has 7 heteroatoms. The Morgan fingerprint density at radius 1 is 1.17 bits per heavy atom. The number of nitrogens with zero attached hydrogens (tertiary/aromatic N) is 3. The second-order valence-corrected chi connectivity index (χ2v) is 5.72. The summed E-state index contributed by atoms with van der Waals surface area (Å²) in [6.45, 7) is 1.90. The first-order chi connectivity index (χ1) is 11.6. The molecular formula is C17H19FN4O2. The maximum absolute atomic E-state index is 13.0.